The summed E-state index contributed by atoms with van der Waals surface area (Å²) in [5, 5.41) is 15.9. The predicted octanol–water partition coefficient (Wildman–Crippen LogP) is -0.797. The Morgan fingerprint density at radius 2 is 2.33 bits per heavy atom. The van der Waals surface area contributed by atoms with Crippen LogP contribution in [0.1, 0.15) is 0 Å². The zero-order valence-corrected chi connectivity index (χ0v) is 7.38. The molecule has 0 atom stereocenters. The van der Waals surface area contributed by atoms with Gasteiger partial charge in [0.15, 0.2) is 5.65 Å². The molecule has 0 bridgehead atoms. The highest BCUT2D eigenvalue weighted by atomic mass is 16.1. The molecule has 0 amide bonds. The molecule has 0 saturated carbocycles. The van der Waals surface area contributed by atoms with Gasteiger partial charge in [-0.05, 0) is 5.21 Å². The van der Waals surface area contributed by atoms with Crippen LogP contribution >= 0.6 is 0 Å². The summed E-state index contributed by atoms with van der Waals surface area (Å²) in [6.07, 6.45) is 3.06. The first-order valence-electron chi connectivity index (χ1n) is 4.15. The first-order valence-corrected chi connectivity index (χ1v) is 4.15. The zero-order valence-electron chi connectivity index (χ0n) is 7.38. The molecule has 0 aliphatic rings. The molecular weight excluding hydrogens is 198 g/mol. The van der Waals surface area contributed by atoms with Gasteiger partial charge in [0.1, 0.15) is 5.56 Å². The van der Waals surface area contributed by atoms with Gasteiger partial charge in [-0.3, -0.25) is 9.89 Å². The van der Waals surface area contributed by atoms with Crippen molar-refractivity contribution in [1.82, 2.24) is 35.2 Å². The number of nitrogens with zero attached hydrogens (tertiary/aromatic N) is 5. The Bertz CT molecular complexity index is 649. The number of nitrogens with one attached hydrogen (secondary N) is 2. The van der Waals surface area contributed by atoms with Crippen LogP contribution < -0.4 is 5.56 Å². The average Bonchev–Trinajstić information content (AvgIpc) is 2.87. The SMILES string of the molecule is O=c1c(-c2nn[nH]n2)cnc2cc[nH]n12. The Labute approximate surface area is 81.9 Å². The molecule has 15 heavy (non-hydrogen) atoms. The van der Waals surface area contributed by atoms with Crippen molar-refractivity contribution >= 4 is 5.65 Å². The average molecular weight is 203 g/mol. The summed E-state index contributed by atoms with van der Waals surface area (Å²) >= 11 is 0. The maximum atomic E-state index is 11.9. The van der Waals surface area contributed by atoms with Crippen molar-refractivity contribution in [3.63, 3.8) is 0 Å². The van der Waals surface area contributed by atoms with E-state index in [2.05, 4.69) is 30.7 Å². The highest BCUT2D eigenvalue weighted by molar-refractivity contribution is 5.53. The lowest BCUT2D eigenvalue weighted by Crippen LogP contribution is -2.17. The zero-order chi connectivity index (χ0) is 10.3. The molecule has 3 aromatic heterocycles. The number of fused-ring (bicyclic) bond motifs is 1. The third-order valence-electron chi connectivity index (χ3n) is 2.01. The highest BCUT2D eigenvalue weighted by Gasteiger charge is 2.10. The summed E-state index contributed by atoms with van der Waals surface area (Å²) in [6, 6.07) is 1.70. The minimum absolute atomic E-state index is 0.233. The first kappa shape index (κ1) is 7.85. The van der Waals surface area contributed by atoms with E-state index in [1.807, 2.05) is 0 Å². The fourth-order valence-electron chi connectivity index (χ4n) is 1.33. The maximum absolute atomic E-state index is 11.9. The second-order valence-corrected chi connectivity index (χ2v) is 2.87. The molecule has 74 valence electrons. The minimum Gasteiger partial charge on any atom is -0.297 e. The van der Waals surface area contributed by atoms with E-state index in [1.165, 1.54) is 10.7 Å². The Morgan fingerprint density at radius 3 is 3.13 bits per heavy atom. The molecule has 0 spiro atoms. The fraction of sp³-hybridized carbons (Fsp3) is 0. The molecule has 0 unspecified atom stereocenters. The molecule has 0 aromatic carbocycles. The summed E-state index contributed by atoms with van der Waals surface area (Å²) in [5.41, 5.74) is 0.586. The van der Waals surface area contributed by atoms with Crippen molar-refractivity contribution < 1.29 is 0 Å². The topological polar surface area (TPSA) is 105 Å². The number of H-pyrrole nitrogens is 2. The van der Waals surface area contributed by atoms with Gasteiger partial charge in [0.25, 0.3) is 5.56 Å². The molecule has 0 radical (unpaired) electrons. The minimum atomic E-state index is -0.258. The first-order chi connectivity index (χ1) is 7.36. The van der Waals surface area contributed by atoms with Gasteiger partial charge in [0.2, 0.25) is 5.82 Å². The van der Waals surface area contributed by atoms with E-state index < -0.39 is 0 Å². The van der Waals surface area contributed by atoms with E-state index in [1.54, 1.807) is 12.3 Å². The smallest absolute Gasteiger partial charge is 0.283 e. The van der Waals surface area contributed by atoms with E-state index in [4.69, 9.17) is 0 Å². The number of rotatable bonds is 1. The van der Waals surface area contributed by atoms with Crippen molar-refractivity contribution in [3.05, 3.63) is 28.8 Å². The van der Waals surface area contributed by atoms with Crippen molar-refractivity contribution in [3.8, 4) is 11.4 Å². The van der Waals surface area contributed by atoms with E-state index in [9.17, 15) is 4.79 Å². The molecule has 3 aromatic rings. The van der Waals surface area contributed by atoms with Gasteiger partial charge in [-0.25, -0.2) is 9.50 Å². The molecule has 3 rings (SSSR count). The molecule has 2 N–H and O–H groups in total. The van der Waals surface area contributed by atoms with Crippen molar-refractivity contribution in [2.75, 3.05) is 0 Å². The largest absolute Gasteiger partial charge is 0.297 e. The summed E-state index contributed by atoms with van der Waals surface area (Å²) in [4.78, 5) is 15.9. The molecule has 0 aliphatic heterocycles. The summed E-state index contributed by atoms with van der Waals surface area (Å²) < 4.78 is 1.31. The lowest BCUT2D eigenvalue weighted by atomic mass is 10.3. The van der Waals surface area contributed by atoms with E-state index >= 15 is 0 Å². The van der Waals surface area contributed by atoms with Gasteiger partial charge >= 0.3 is 0 Å². The molecule has 0 saturated heterocycles. The molecule has 0 fully saturated rings. The van der Waals surface area contributed by atoms with Gasteiger partial charge < -0.3 is 0 Å². The second-order valence-electron chi connectivity index (χ2n) is 2.87. The normalized spacial score (nSPS) is 10.9. The Hall–Kier alpha value is -2.51. The van der Waals surface area contributed by atoms with Gasteiger partial charge in [-0.15, -0.1) is 10.2 Å². The van der Waals surface area contributed by atoms with Crippen LogP contribution in [0.3, 0.4) is 0 Å². The fourth-order valence-corrected chi connectivity index (χ4v) is 1.33. The van der Waals surface area contributed by atoms with Gasteiger partial charge in [0, 0.05) is 18.5 Å². The van der Waals surface area contributed by atoms with Crippen LogP contribution in [0.15, 0.2) is 23.3 Å². The number of aromatic nitrogens is 7. The third kappa shape index (κ3) is 1.04. The van der Waals surface area contributed by atoms with Crippen LogP contribution in [0.5, 0.6) is 0 Å². The Kier molecular flexibility index (Phi) is 1.43. The molecule has 3 heterocycles. The standard InChI is InChI=1S/C7H5N7O/c15-7-4(6-10-12-13-11-6)3-8-5-1-2-9-14(5)7/h1-3,9H,(H,10,11,12,13). The molecule has 8 heteroatoms. The summed E-state index contributed by atoms with van der Waals surface area (Å²) in [5.74, 6) is 0.233. The van der Waals surface area contributed by atoms with Gasteiger partial charge in [-0.2, -0.15) is 5.21 Å². The summed E-state index contributed by atoms with van der Waals surface area (Å²) in [6.45, 7) is 0. The lowest BCUT2D eigenvalue weighted by molar-refractivity contribution is 0.881. The molecule has 8 nitrogen and oxygen atoms in total. The van der Waals surface area contributed by atoms with Crippen molar-refractivity contribution in [2.45, 2.75) is 0 Å². The number of tetrazole rings is 1. The van der Waals surface area contributed by atoms with Crippen LogP contribution in [0.4, 0.5) is 0 Å². The van der Waals surface area contributed by atoms with Crippen LogP contribution in [-0.4, -0.2) is 35.2 Å². The van der Waals surface area contributed by atoms with Gasteiger partial charge in [0.05, 0.1) is 0 Å². The summed E-state index contributed by atoms with van der Waals surface area (Å²) in [7, 11) is 0. The molecular formula is C7H5N7O. The Morgan fingerprint density at radius 1 is 1.40 bits per heavy atom. The number of hydrogen-bond acceptors (Lipinski definition) is 5. The monoisotopic (exact) mass is 203 g/mol. The lowest BCUT2D eigenvalue weighted by Gasteiger charge is -1.94. The number of hydrogen-bond donors (Lipinski definition) is 2. The predicted molar refractivity (Wildman–Crippen MR) is 49.0 cm³/mol. The van der Waals surface area contributed by atoms with Crippen LogP contribution in [0.2, 0.25) is 0 Å². The number of aromatic amines is 2. The Balaban J connectivity index is 2.38. The van der Waals surface area contributed by atoms with E-state index in [0.717, 1.165) is 0 Å². The van der Waals surface area contributed by atoms with E-state index in [-0.39, 0.29) is 11.4 Å². The highest BCUT2D eigenvalue weighted by Crippen LogP contribution is 2.05. The van der Waals surface area contributed by atoms with Crippen LogP contribution in [-0.2, 0) is 0 Å². The molecule has 0 aliphatic carbocycles. The maximum Gasteiger partial charge on any atom is 0.283 e. The second kappa shape index (κ2) is 2.74. The van der Waals surface area contributed by atoms with E-state index in [0.29, 0.717) is 11.2 Å². The van der Waals surface area contributed by atoms with Gasteiger partial charge in [-0.1, -0.05) is 0 Å². The van der Waals surface area contributed by atoms with Crippen molar-refractivity contribution in [1.29, 1.82) is 0 Å². The van der Waals surface area contributed by atoms with Crippen LogP contribution in [0.25, 0.3) is 17.0 Å². The third-order valence-corrected chi connectivity index (χ3v) is 2.01. The quantitative estimate of drug-likeness (QED) is 0.538. The van der Waals surface area contributed by atoms with Crippen LogP contribution in [0, 0.1) is 0 Å². The van der Waals surface area contributed by atoms with Crippen molar-refractivity contribution in [2.24, 2.45) is 0 Å².